The molecule has 140 valence electrons. The van der Waals surface area contributed by atoms with E-state index < -0.39 is 23.2 Å². The molecule has 0 amide bonds. The summed E-state index contributed by atoms with van der Waals surface area (Å²) in [6, 6.07) is 5.61. The zero-order valence-corrected chi connectivity index (χ0v) is 14.8. The average Bonchev–Trinajstić information content (AvgIpc) is 2.59. The summed E-state index contributed by atoms with van der Waals surface area (Å²) in [5, 5.41) is 10.1. The van der Waals surface area contributed by atoms with Crippen LogP contribution in [0.3, 0.4) is 0 Å². The number of hydrogen-bond acceptors (Lipinski definition) is 2. The second kappa shape index (κ2) is 8.02. The standard InChI is InChI=1S/C21H23F3O2/c1-2-3-4-6-13-9-10-15(19(23)18(13)22)16-11-12-17(20(24)21(16)25)26-14-7-5-8-14/h9-12,14,25H,2-8H2,1H3. The Morgan fingerprint density at radius 3 is 2.35 bits per heavy atom. The Kier molecular flexibility index (Phi) is 5.74. The van der Waals surface area contributed by atoms with Crippen molar-refractivity contribution in [3.05, 3.63) is 47.3 Å². The fourth-order valence-electron chi connectivity index (χ4n) is 3.08. The first-order valence-electron chi connectivity index (χ1n) is 9.18. The Labute approximate surface area is 151 Å². The number of rotatable bonds is 7. The van der Waals surface area contributed by atoms with Crippen molar-refractivity contribution in [3.8, 4) is 22.6 Å². The highest BCUT2D eigenvalue weighted by Crippen LogP contribution is 2.39. The SMILES string of the molecule is CCCCCc1ccc(-c2ccc(OC3CCC3)c(F)c2O)c(F)c1F. The van der Waals surface area contributed by atoms with Gasteiger partial charge in [-0.15, -0.1) is 0 Å². The zero-order chi connectivity index (χ0) is 18.7. The molecule has 1 N–H and O–H groups in total. The largest absolute Gasteiger partial charge is 0.504 e. The highest BCUT2D eigenvalue weighted by Gasteiger charge is 2.24. The second-order valence-electron chi connectivity index (χ2n) is 6.80. The van der Waals surface area contributed by atoms with Crippen molar-refractivity contribution in [2.24, 2.45) is 0 Å². The molecule has 2 nitrogen and oxygen atoms in total. The predicted octanol–water partition coefficient (Wildman–Crippen LogP) is 6.14. The maximum Gasteiger partial charge on any atom is 0.207 e. The van der Waals surface area contributed by atoms with Crippen LogP contribution in [0.1, 0.15) is 51.0 Å². The Morgan fingerprint density at radius 2 is 1.69 bits per heavy atom. The van der Waals surface area contributed by atoms with Gasteiger partial charge in [-0.25, -0.2) is 8.78 Å². The third kappa shape index (κ3) is 3.67. The summed E-state index contributed by atoms with van der Waals surface area (Å²) in [6.07, 6.45) is 5.84. The van der Waals surface area contributed by atoms with E-state index in [1.54, 1.807) is 0 Å². The molecule has 1 aliphatic rings. The molecule has 0 saturated heterocycles. The van der Waals surface area contributed by atoms with Crippen molar-refractivity contribution in [1.82, 2.24) is 0 Å². The molecule has 2 aromatic carbocycles. The van der Waals surface area contributed by atoms with Crippen LogP contribution >= 0.6 is 0 Å². The topological polar surface area (TPSA) is 29.5 Å². The van der Waals surface area contributed by atoms with Gasteiger partial charge in [-0.2, -0.15) is 4.39 Å². The molecule has 5 heteroatoms. The van der Waals surface area contributed by atoms with Crippen LogP contribution in [0.4, 0.5) is 13.2 Å². The van der Waals surface area contributed by atoms with E-state index in [0.717, 1.165) is 38.5 Å². The fraction of sp³-hybridized carbons (Fsp3) is 0.429. The zero-order valence-electron chi connectivity index (χ0n) is 14.8. The predicted molar refractivity (Wildman–Crippen MR) is 94.9 cm³/mol. The molecule has 0 atom stereocenters. The number of aryl methyl sites for hydroxylation is 1. The summed E-state index contributed by atoms with van der Waals surface area (Å²) in [4.78, 5) is 0. The Bertz CT molecular complexity index is 785. The Hall–Kier alpha value is -2.17. The van der Waals surface area contributed by atoms with Crippen LogP contribution in [0.25, 0.3) is 11.1 Å². The van der Waals surface area contributed by atoms with Gasteiger partial charge in [0.25, 0.3) is 0 Å². The van der Waals surface area contributed by atoms with Gasteiger partial charge in [0.1, 0.15) is 0 Å². The van der Waals surface area contributed by atoms with E-state index in [9.17, 15) is 18.3 Å². The minimum absolute atomic E-state index is 0.0497. The van der Waals surface area contributed by atoms with E-state index in [0.29, 0.717) is 12.0 Å². The molecule has 0 aromatic heterocycles. The number of benzene rings is 2. The first kappa shape index (κ1) is 18.6. The summed E-state index contributed by atoms with van der Waals surface area (Å²) >= 11 is 0. The lowest BCUT2D eigenvalue weighted by molar-refractivity contribution is 0.114. The molecule has 0 heterocycles. The fourth-order valence-corrected chi connectivity index (χ4v) is 3.08. The van der Waals surface area contributed by atoms with Crippen LogP contribution in [0.5, 0.6) is 11.5 Å². The second-order valence-corrected chi connectivity index (χ2v) is 6.80. The summed E-state index contributed by atoms with van der Waals surface area (Å²) < 4.78 is 48.7. The van der Waals surface area contributed by atoms with Gasteiger partial charge in [0, 0.05) is 11.1 Å². The lowest BCUT2D eigenvalue weighted by Crippen LogP contribution is -2.24. The van der Waals surface area contributed by atoms with E-state index in [-0.39, 0.29) is 23.0 Å². The third-order valence-electron chi connectivity index (χ3n) is 4.93. The van der Waals surface area contributed by atoms with Gasteiger partial charge < -0.3 is 9.84 Å². The van der Waals surface area contributed by atoms with Crippen molar-refractivity contribution in [2.75, 3.05) is 0 Å². The van der Waals surface area contributed by atoms with E-state index in [4.69, 9.17) is 4.74 Å². The monoisotopic (exact) mass is 364 g/mol. The van der Waals surface area contributed by atoms with E-state index in [1.807, 2.05) is 6.92 Å². The van der Waals surface area contributed by atoms with Crippen molar-refractivity contribution < 1.29 is 23.0 Å². The Morgan fingerprint density at radius 1 is 0.962 bits per heavy atom. The lowest BCUT2D eigenvalue weighted by Gasteiger charge is -2.26. The van der Waals surface area contributed by atoms with Gasteiger partial charge in [0.2, 0.25) is 5.82 Å². The number of halogens is 3. The van der Waals surface area contributed by atoms with Crippen molar-refractivity contribution in [1.29, 1.82) is 0 Å². The smallest absolute Gasteiger partial charge is 0.207 e. The molecule has 1 fully saturated rings. The summed E-state index contributed by atoms with van der Waals surface area (Å²) in [5.74, 6) is -3.73. The van der Waals surface area contributed by atoms with Crippen LogP contribution in [0, 0.1) is 17.5 Å². The first-order chi connectivity index (χ1) is 12.5. The molecular formula is C21H23F3O2. The first-order valence-corrected chi connectivity index (χ1v) is 9.18. The third-order valence-corrected chi connectivity index (χ3v) is 4.93. The summed E-state index contributed by atoms with van der Waals surface area (Å²) in [5.41, 5.74) is 0.0536. The quantitative estimate of drug-likeness (QED) is 0.598. The highest BCUT2D eigenvalue weighted by atomic mass is 19.2. The molecule has 3 rings (SSSR count). The van der Waals surface area contributed by atoms with Crippen LogP contribution in [0.15, 0.2) is 24.3 Å². The molecule has 26 heavy (non-hydrogen) atoms. The summed E-state index contributed by atoms with van der Waals surface area (Å²) in [6.45, 7) is 2.04. The number of unbranched alkanes of at least 4 members (excludes halogenated alkanes) is 2. The van der Waals surface area contributed by atoms with E-state index in [1.165, 1.54) is 24.3 Å². The van der Waals surface area contributed by atoms with Gasteiger partial charge in [0.05, 0.1) is 6.10 Å². The van der Waals surface area contributed by atoms with Gasteiger partial charge in [-0.05, 0) is 49.8 Å². The van der Waals surface area contributed by atoms with Gasteiger partial charge in [0.15, 0.2) is 23.1 Å². The van der Waals surface area contributed by atoms with Gasteiger partial charge >= 0.3 is 0 Å². The molecule has 2 aromatic rings. The van der Waals surface area contributed by atoms with Crippen LogP contribution in [-0.2, 0) is 6.42 Å². The van der Waals surface area contributed by atoms with E-state index >= 15 is 0 Å². The van der Waals surface area contributed by atoms with Gasteiger partial charge in [-0.3, -0.25) is 0 Å². The lowest BCUT2D eigenvalue weighted by atomic mass is 9.96. The molecule has 0 unspecified atom stereocenters. The number of phenolic OH excluding ortho intramolecular Hbond substituents is 1. The number of aromatic hydroxyl groups is 1. The van der Waals surface area contributed by atoms with Crippen LogP contribution in [-0.4, -0.2) is 11.2 Å². The van der Waals surface area contributed by atoms with Crippen LogP contribution in [0.2, 0.25) is 0 Å². The summed E-state index contributed by atoms with van der Waals surface area (Å²) in [7, 11) is 0. The number of ether oxygens (including phenoxy) is 1. The van der Waals surface area contributed by atoms with E-state index in [2.05, 4.69) is 0 Å². The molecule has 0 aliphatic heterocycles. The minimum Gasteiger partial charge on any atom is -0.504 e. The molecule has 1 saturated carbocycles. The molecule has 0 radical (unpaired) electrons. The maximum absolute atomic E-state index is 14.5. The molecule has 0 bridgehead atoms. The van der Waals surface area contributed by atoms with Crippen molar-refractivity contribution in [3.63, 3.8) is 0 Å². The van der Waals surface area contributed by atoms with Gasteiger partial charge in [-0.1, -0.05) is 31.9 Å². The molecule has 0 spiro atoms. The average molecular weight is 364 g/mol. The minimum atomic E-state index is -1.07. The Balaban J connectivity index is 1.88. The molecule has 1 aliphatic carbocycles. The van der Waals surface area contributed by atoms with Crippen LogP contribution < -0.4 is 4.74 Å². The van der Waals surface area contributed by atoms with Crippen molar-refractivity contribution >= 4 is 0 Å². The molecular weight excluding hydrogens is 341 g/mol. The number of phenols is 1. The normalized spacial score (nSPS) is 14.3. The maximum atomic E-state index is 14.5. The van der Waals surface area contributed by atoms with Crippen molar-refractivity contribution in [2.45, 2.75) is 58.0 Å². The number of hydrogen-bond donors (Lipinski definition) is 1. The highest BCUT2D eigenvalue weighted by molar-refractivity contribution is 5.72.